The maximum atomic E-state index is 12.5. The Morgan fingerprint density at radius 2 is 1.63 bits per heavy atom. The number of likely N-dealkylation sites (tertiary alicyclic amines) is 1. The standard InChI is InChI=1S/C19H17N5O3/c25-17(15-9-5-2-6-10-15)23-11-19(12-23,18(26)27)13-24-21-16(20-22-24)14-7-3-1-4-8-14/h1-10H,11-13H2,(H,26,27). The summed E-state index contributed by atoms with van der Waals surface area (Å²) in [6, 6.07) is 18.2. The van der Waals surface area contributed by atoms with Crippen LogP contribution in [0.15, 0.2) is 60.7 Å². The molecule has 8 nitrogen and oxygen atoms in total. The van der Waals surface area contributed by atoms with Crippen LogP contribution in [0.3, 0.4) is 0 Å². The van der Waals surface area contributed by atoms with E-state index in [0.29, 0.717) is 11.4 Å². The number of carbonyl (C=O) groups excluding carboxylic acids is 1. The molecule has 1 N–H and O–H groups in total. The number of amides is 1. The van der Waals surface area contributed by atoms with Crippen LogP contribution in [0, 0.1) is 5.41 Å². The zero-order valence-electron chi connectivity index (χ0n) is 14.4. The lowest BCUT2D eigenvalue weighted by atomic mass is 9.79. The minimum absolute atomic E-state index is 0.0563. The molecular weight excluding hydrogens is 346 g/mol. The molecule has 3 aromatic rings. The topological polar surface area (TPSA) is 101 Å². The van der Waals surface area contributed by atoms with Crippen LogP contribution in [0.2, 0.25) is 0 Å². The predicted molar refractivity (Wildman–Crippen MR) is 95.7 cm³/mol. The molecule has 136 valence electrons. The number of rotatable bonds is 5. The van der Waals surface area contributed by atoms with Crippen LogP contribution in [-0.2, 0) is 11.3 Å². The number of carboxylic acids is 1. The van der Waals surface area contributed by atoms with Crippen molar-refractivity contribution in [2.75, 3.05) is 13.1 Å². The van der Waals surface area contributed by atoms with Crippen molar-refractivity contribution in [1.29, 1.82) is 0 Å². The molecule has 0 spiro atoms. The number of carbonyl (C=O) groups is 2. The van der Waals surface area contributed by atoms with Crippen molar-refractivity contribution in [3.05, 3.63) is 66.2 Å². The Balaban J connectivity index is 1.48. The zero-order chi connectivity index (χ0) is 18.9. The highest BCUT2D eigenvalue weighted by Crippen LogP contribution is 2.33. The van der Waals surface area contributed by atoms with E-state index in [1.54, 1.807) is 24.3 Å². The normalized spacial score (nSPS) is 15.2. The summed E-state index contributed by atoms with van der Waals surface area (Å²) >= 11 is 0. The second kappa shape index (κ2) is 6.64. The van der Waals surface area contributed by atoms with Gasteiger partial charge in [0, 0.05) is 24.2 Å². The van der Waals surface area contributed by atoms with Crippen LogP contribution in [0.1, 0.15) is 10.4 Å². The lowest BCUT2D eigenvalue weighted by molar-refractivity contribution is -0.160. The highest BCUT2D eigenvalue weighted by Gasteiger charge is 2.52. The Kier molecular flexibility index (Phi) is 4.15. The molecule has 27 heavy (non-hydrogen) atoms. The number of hydrogen-bond acceptors (Lipinski definition) is 5. The van der Waals surface area contributed by atoms with Crippen LogP contribution < -0.4 is 0 Å². The van der Waals surface area contributed by atoms with Crippen LogP contribution in [0.5, 0.6) is 0 Å². The van der Waals surface area contributed by atoms with E-state index in [1.165, 1.54) is 9.70 Å². The van der Waals surface area contributed by atoms with Gasteiger partial charge in [0.2, 0.25) is 5.82 Å². The largest absolute Gasteiger partial charge is 0.481 e. The van der Waals surface area contributed by atoms with Gasteiger partial charge in [-0.3, -0.25) is 9.59 Å². The molecule has 1 aliphatic rings. The lowest BCUT2D eigenvalue weighted by Crippen LogP contribution is -2.64. The number of tetrazole rings is 1. The molecule has 1 fully saturated rings. The first-order valence-corrected chi connectivity index (χ1v) is 8.48. The Bertz CT molecular complexity index is 965. The molecule has 0 unspecified atom stereocenters. The monoisotopic (exact) mass is 363 g/mol. The van der Waals surface area contributed by atoms with Gasteiger partial charge in [0.25, 0.3) is 5.91 Å². The van der Waals surface area contributed by atoms with Crippen molar-refractivity contribution >= 4 is 11.9 Å². The minimum Gasteiger partial charge on any atom is -0.481 e. The van der Waals surface area contributed by atoms with Gasteiger partial charge < -0.3 is 10.0 Å². The number of aromatic nitrogens is 4. The summed E-state index contributed by atoms with van der Waals surface area (Å²) in [5.74, 6) is -0.713. The van der Waals surface area contributed by atoms with Crippen LogP contribution in [0.25, 0.3) is 11.4 Å². The molecule has 1 aliphatic heterocycles. The molecular formula is C19H17N5O3. The van der Waals surface area contributed by atoms with Crippen molar-refractivity contribution in [3.8, 4) is 11.4 Å². The van der Waals surface area contributed by atoms with Gasteiger partial charge in [0.05, 0.1) is 6.54 Å². The van der Waals surface area contributed by atoms with Gasteiger partial charge in [0.15, 0.2) is 0 Å². The first-order valence-electron chi connectivity index (χ1n) is 8.48. The van der Waals surface area contributed by atoms with Crippen molar-refractivity contribution in [1.82, 2.24) is 25.1 Å². The first kappa shape index (κ1) is 16.9. The Morgan fingerprint density at radius 1 is 1.00 bits per heavy atom. The average molecular weight is 363 g/mol. The van der Waals surface area contributed by atoms with Gasteiger partial charge >= 0.3 is 5.97 Å². The van der Waals surface area contributed by atoms with E-state index in [9.17, 15) is 14.7 Å². The van der Waals surface area contributed by atoms with E-state index < -0.39 is 11.4 Å². The molecule has 2 aromatic carbocycles. The van der Waals surface area contributed by atoms with E-state index in [0.717, 1.165) is 5.56 Å². The third kappa shape index (κ3) is 3.17. The van der Waals surface area contributed by atoms with Crippen molar-refractivity contribution < 1.29 is 14.7 Å². The van der Waals surface area contributed by atoms with Gasteiger partial charge in [-0.15, -0.1) is 10.2 Å². The highest BCUT2D eigenvalue weighted by molar-refractivity contribution is 5.96. The third-order valence-corrected chi connectivity index (χ3v) is 4.68. The van der Waals surface area contributed by atoms with E-state index in [2.05, 4.69) is 15.4 Å². The second-order valence-corrected chi connectivity index (χ2v) is 6.62. The average Bonchev–Trinajstić information content (AvgIpc) is 3.13. The van der Waals surface area contributed by atoms with E-state index >= 15 is 0 Å². The SMILES string of the molecule is O=C(c1ccccc1)N1CC(Cn2nnc(-c3ccccc3)n2)(C(=O)O)C1. The summed E-state index contributed by atoms with van der Waals surface area (Å²) in [5, 5.41) is 22.0. The smallest absolute Gasteiger partial charge is 0.315 e. The molecule has 1 aromatic heterocycles. The van der Waals surface area contributed by atoms with Crippen LogP contribution >= 0.6 is 0 Å². The van der Waals surface area contributed by atoms with Crippen LogP contribution in [0.4, 0.5) is 0 Å². The van der Waals surface area contributed by atoms with E-state index in [-0.39, 0.29) is 25.5 Å². The van der Waals surface area contributed by atoms with Crippen molar-refractivity contribution in [2.24, 2.45) is 5.41 Å². The third-order valence-electron chi connectivity index (χ3n) is 4.68. The maximum absolute atomic E-state index is 12.5. The van der Waals surface area contributed by atoms with Gasteiger partial charge in [0.1, 0.15) is 5.41 Å². The summed E-state index contributed by atoms with van der Waals surface area (Å²) in [4.78, 5) is 27.1. The Hall–Kier alpha value is -3.55. The fraction of sp³-hybridized carbons (Fsp3) is 0.211. The maximum Gasteiger partial charge on any atom is 0.315 e. The fourth-order valence-electron chi connectivity index (χ4n) is 3.18. The molecule has 4 rings (SSSR count). The summed E-state index contributed by atoms with van der Waals surface area (Å²) in [7, 11) is 0. The number of benzene rings is 2. The second-order valence-electron chi connectivity index (χ2n) is 6.62. The Labute approximate surface area is 155 Å². The summed E-state index contributed by atoms with van der Waals surface area (Å²) in [6.45, 7) is 0.275. The molecule has 8 heteroatoms. The minimum atomic E-state index is -1.11. The lowest BCUT2D eigenvalue weighted by Gasteiger charge is -2.46. The summed E-state index contributed by atoms with van der Waals surface area (Å²) < 4.78 is 0. The summed E-state index contributed by atoms with van der Waals surface area (Å²) in [6.07, 6.45) is 0. The van der Waals surface area contributed by atoms with E-state index in [1.807, 2.05) is 36.4 Å². The zero-order valence-corrected chi connectivity index (χ0v) is 14.4. The van der Waals surface area contributed by atoms with Crippen LogP contribution in [-0.4, -0.2) is 55.2 Å². The number of carboxylic acid groups (broad SMARTS) is 1. The van der Waals surface area contributed by atoms with Gasteiger partial charge in [-0.25, -0.2) is 0 Å². The predicted octanol–water partition coefficient (Wildman–Crippen LogP) is 1.57. The number of aliphatic carboxylic acids is 1. The van der Waals surface area contributed by atoms with E-state index in [4.69, 9.17) is 0 Å². The quantitative estimate of drug-likeness (QED) is 0.738. The molecule has 0 atom stereocenters. The molecule has 0 radical (unpaired) electrons. The number of nitrogens with zero attached hydrogens (tertiary/aromatic N) is 5. The number of hydrogen-bond donors (Lipinski definition) is 1. The first-order chi connectivity index (χ1) is 13.1. The summed E-state index contributed by atoms with van der Waals surface area (Å²) in [5.41, 5.74) is 0.239. The molecule has 1 saturated heterocycles. The van der Waals surface area contributed by atoms with Crippen molar-refractivity contribution in [2.45, 2.75) is 6.54 Å². The van der Waals surface area contributed by atoms with Crippen molar-refractivity contribution in [3.63, 3.8) is 0 Å². The van der Waals surface area contributed by atoms with Gasteiger partial charge in [-0.05, 0) is 17.3 Å². The molecule has 1 amide bonds. The molecule has 0 saturated carbocycles. The molecule has 2 heterocycles. The molecule has 0 bridgehead atoms. The molecule has 0 aliphatic carbocycles. The van der Waals surface area contributed by atoms with Gasteiger partial charge in [-0.1, -0.05) is 48.5 Å². The fourth-order valence-corrected chi connectivity index (χ4v) is 3.18. The highest BCUT2D eigenvalue weighted by atomic mass is 16.4. The van der Waals surface area contributed by atoms with Gasteiger partial charge in [-0.2, -0.15) is 4.80 Å². The Morgan fingerprint density at radius 3 is 2.26 bits per heavy atom.